The van der Waals surface area contributed by atoms with Gasteiger partial charge in [0.25, 0.3) is 5.91 Å². The van der Waals surface area contributed by atoms with Gasteiger partial charge in [-0.25, -0.2) is 0 Å². The quantitative estimate of drug-likeness (QED) is 0.757. The van der Waals surface area contributed by atoms with Gasteiger partial charge < -0.3 is 15.0 Å². The molecule has 2 N–H and O–H groups in total. The molecule has 0 aliphatic heterocycles. The zero-order valence-electron chi connectivity index (χ0n) is 14.1. The number of pyridine rings is 1. The van der Waals surface area contributed by atoms with Crippen LogP contribution in [0.25, 0.3) is 10.9 Å². The number of carbonyl (C=O) groups is 1. The number of fused-ring (bicyclic) bond motifs is 1. The first-order chi connectivity index (χ1) is 11.5. The minimum absolute atomic E-state index is 0.117. The van der Waals surface area contributed by atoms with Crippen molar-refractivity contribution in [3.05, 3.63) is 60.0 Å². The maximum absolute atomic E-state index is 12.2. The number of rotatable bonds is 5. The molecule has 1 aromatic carbocycles. The molecule has 0 aliphatic rings. The summed E-state index contributed by atoms with van der Waals surface area (Å²) in [6.45, 7) is 4.74. The molecular formula is C19H21N3O2. The normalized spacial score (nSPS) is 11.5. The lowest BCUT2D eigenvalue weighted by Gasteiger charge is -2.25. The molecule has 0 aliphatic carbocycles. The summed E-state index contributed by atoms with van der Waals surface area (Å²) >= 11 is 0. The number of nitrogens with one attached hydrogen (secondary N) is 2. The molecule has 0 bridgehead atoms. The molecule has 124 valence electrons. The molecule has 5 nitrogen and oxygen atoms in total. The van der Waals surface area contributed by atoms with Gasteiger partial charge in [0.15, 0.2) is 0 Å². The number of aromatic amines is 1. The Morgan fingerprint density at radius 3 is 2.88 bits per heavy atom. The average Bonchev–Trinajstić information content (AvgIpc) is 3.04. The predicted octanol–water partition coefficient (Wildman–Crippen LogP) is 3.28. The summed E-state index contributed by atoms with van der Waals surface area (Å²) in [5.41, 5.74) is 2.52. The van der Waals surface area contributed by atoms with E-state index >= 15 is 0 Å². The molecule has 3 rings (SSSR count). The Bertz CT molecular complexity index is 853. The minimum atomic E-state index is -0.234. The summed E-state index contributed by atoms with van der Waals surface area (Å²) in [4.78, 5) is 19.5. The van der Waals surface area contributed by atoms with Gasteiger partial charge in [0.05, 0.1) is 12.7 Å². The molecule has 1 amide bonds. The fraction of sp³-hybridized carbons (Fsp3) is 0.263. The van der Waals surface area contributed by atoms with Crippen LogP contribution in [0.3, 0.4) is 0 Å². The Balaban J connectivity index is 1.81. The average molecular weight is 323 g/mol. The van der Waals surface area contributed by atoms with Crippen LogP contribution >= 0.6 is 0 Å². The third-order valence-electron chi connectivity index (χ3n) is 4.23. The summed E-state index contributed by atoms with van der Waals surface area (Å²) in [5, 5.41) is 4.10. The van der Waals surface area contributed by atoms with Gasteiger partial charge >= 0.3 is 0 Å². The Morgan fingerprint density at radius 1 is 1.33 bits per heavy atom. The summed E-state index contributed by atoms with van der Waals surface area (Å²) in [5.74, 6) is 0.701. The summed E-state index contributed by atoms with van der Waals surface area (Å²) < 4.78 is 5.32. The van der Waals surface area contributed by atoms with E-state index in [1.807, 2.05) is 24.4 Å². The Hall–Kier alpha value is -2.82. The monoisotopic (exact) mass is 323 g/mol. The van der Waals surface area contributed by atoms with Crippen molar-refractivity contribution >= 4 is 16.8 Å². The van der Waals surface area contributed by atoms with Gasteiger partial charge in [-0.3, -0.25) is 9.78 Å². The van der Waals surface area contributed by atoms with Gasteiger partial charge in [-0.15, -0.1) is 0 Å². The third kappa shape index (κ3) is 3.11. The highest BCUT2D eigenvalue weighted by atomic mass is 16.5. The Labute approximate surface area is 141 Å². The zero-order valence-corrected chi connectivity index (χ0v) is 14.1. The second-order valence-corrected chi connectivity index (χ2v) is 6.42. The van der Waals surface area contributed by atoms with Crippen LogP contribution < -0.4 is 10.1 Å². The molecular weight excluding hydrogens is 302 g/mol. The lowest BCUT2D eigenvalue weighted by molar-refractivity contribution is 0.0945. The van der Waals surface area contributed by atoms with Gasteiger partial charge in [-0.2, -0.15) is 0 Å². The van der Waals surface area contributed by atoms with Crippen molar-refractivity contribution in [3.63, 3.8) is 0 Å². The summed E-state index contributed by atoms with van der Waals surface area (Å²) in [7, 11) is 1.66. The van der Waals surface area contributed by atoms with Crippen molar-refractivity contribution in [2.75, 3.05) is 13.7 Å². The fourth-order valence-electron chi connectivity index (χ4n) is 2.78. The number of benzene rings is 1. The first kappa shape index (κ1) is 16.1. The molecule has 0 saturated carbocycles. The van der Waals surface area contributed by atoms with Crippen LogP contribution in [0.15, 0.2) is 48.9 Å². The maximum atomic E-state index is 12.2. The van der Waals surface area contributed by atoms with Crippen LogP contribution in [-0.2, 0) is 5.41 Å². The van der Waals surface area contributed by atoms with E-state index in [1.165, 1.54) is 0 Å². The molecule has 0 fully saturated rings. The van der Waals surface area contributed by atoms with Crippen LogP contribution in [0.4, 0.5) is 0 Å². The first-order valence-electron chi connectivity index (χ1n) is 7.85. The van der Waals surface area contributed by atoms with E-state index in [1.54, 1.807) is 31.6 Å². The topological polar surface area (TPSA) is 67.0 Å². The fourth-order valence-corrected chi connectivity index (χ4v) is 2.78. The van der Waals surface area contributed by atoms with Crippen LogP contribution in [0.5, 0.6) is 5.75 Å². The van der Waals surface area contributed by atoms with Gasteiger partial charge in [0.1, 0.15) is 5.75 Å². The smallest absolute Gasteiger partial charge is 0.252 e. The van der Waals surface area contributed by atoms with Crippen molar-refractivity contribution < 1.29 is 9.53 Å². The van der Waals surface area contributed by atoms with Crippen molar-refractivity contribution in [1.82, 2.24) is 15.3 Å². The predicted molar refractivity (Wildman–Crippen MR) is 94.4 cm³/mol. The van der Waals surface area contributed by atoms with E-state index in [0.717, 1.165) is 22.2 Å². The van der Waals surface area contributed by atoms with E-state index in [9.17, 15) is 4.79 Å². The molecule has 24 heavy (non-hydrogen) atoms. The van der Waals surface area contributed by atoms with Gasteiger partial charge in [-0.1, -0.05) is 13.8 Å². The van der Waals surface area contributed by atoms with Crippen molar-refractivity contribution in [1.29, 1.82) is 0 Å². The van der Waals surface area contributed by atoms with Crippen LogP contribution in [0.1, 0.15) is 29.8 Å². The Morgan fingerprint density at radius 2 is 2.17 bits per heavy atom. The van der Waals surface area contributed by atoms with Crippen LogP contribution in [-0.4, -0.2) is 29.5 Å². The van der Waals surface area contributed by atoms with E-state index in [-0.39, 0.29) is 11.3 Å². The number of hydrogen-bond acceptors (Lipinski definition) is 3. The van der Waals surface area contributed by atoms with Gasteiger partial charge in [0.2, 0.25) is 0 Å². The number of ether oxygens (including phenoxy) is 1. The second kappa shape index (κ2) is 6.35. The number of nitrogens with zero attached hydrogens (tertiary/aromatic N) is 1. The third-order valence-corrected chi connectivity index (χ3v) is 4.23. The summed E-state index contributed by atoms with van der Waals surface area (Å²) in [6, 6.07) is 9.46. The van der Waals surface area contributed by atoms with Crippen molar-refractivity contribution in [2.45, 2.75) is 19.3 Å². The molecule has 0 radical (unpaired) electrons. The molecule has 0 atom stereocenters. The first-order valence-corrected chi connectivity index (χ1v) is 7.85. The highest BCUT2D eigenvalue weighted by molar-refractivity contribution is 5.94. The van der Waals surface area contributed by atoms with Gasteiger partial charge in [-0.05, 0) is 35.9 Å². The molecule has 0 spiro atoms. The maximum Gasteiger partial charge on any atom is 0.252 e. The van der Waals surface area contributed by atoms with E-state index in [2.05, 4.69) is 29.1 Å². The highest BCUT2D eigenvalue weighted by Gasteiger charge is 2.25. The van der Waals surface area contributed by atoms with E-state index < -0.39 is 0 Å². The van der Waals surface area contributed by atoms with Crippen molar-refractivity contribution in [2.24, 2.45) is 0 Å². The van der Waals surface area contributed by atoms with Crippen LogP contribution in [0.2, 0.25) is 0 Å². The molecule has 3 aromatic rings. The number of H-pyrrole nitrogens is 1. The molecule has 2 aromatic heterocycles. The van der Waals surface area contributed by atoms with Gasteiger partial charge in [0, 0.05) is 41.5 Å². The number of carbonyl (C=O) groups excluding carboxylic acids is 1. The largest absolute Gasteiger partial charge is 0.497 e. The standard InChI is InChI=1S/C19H21N3O2/c1-19(2,12-22-18(23)13-5-4-8-20-10-13)16-11-21-17-7-6-14(24-3)9-15(16)17/h4-11,21H,12H2,1-3H3,(H,22,23). The number of amides is 1. The number of hydrogen-bond donors (Lipinski definition) is 2. The zero-order chi connectivity index (χ0) is 17.2. The SMILES string of the molecule is COc1ccc2[nH]cc(C(C)(C)CNC(=O)c3cccnc3)c2c1. The minimum Gasteiger partial charge on any atom is -0.497 e. The highest BCUT2D eigenvalue weighted by Crippen LogP contribution is 2.32. The molecule has 5 heteroatoms. The van der Waals surface area contributed by atoms with Crippen molar-refractivity contribution in [3.8, 4) is 5.75 Å². The lowest BCUT2D eigenvalue weighted by atomic mass is 9.84. The second-order valence-electron chi connectivity index (χ2n) is 6.42. The lowest BCUT2D eigenvalue weighted by Crippen LogP contribution is -2.36. The summed E-state index contributed by atoms with van der Waals surface area (Å²) in [6.07, 6.45) is 5.22. The number of aromatic nitrogens is 2. The molecule has 0 saturated heterocycles. The Kier molecular flexibility index (Phi) is 4.25. The molecule has 2 heterocycles. The van der Waals surface area contributed by atoms with E-state index in [0.29, 0.717) is 12.1 Å². The molecule has 0 unspecified atom stereocenters. The number of methoxy groups -OCH3 is 1. The van der Waals surface area contributed by atoms with E-state index in [4.69, 9.17) is 4.74 Å². The van der Waals surface area contributed by atoms with Crippen LogP contribution in [0, 0.1) is 0 Å².